The normalized spacial score (nSPS) is 12.6. The van der Waals surface area contributed by atoms with E-state index in [0.29, 0.717) is 32.0 Å². The number of hydrogen-bond donors (Lipinski definition) is 3. The van der Waals surface area contributed by atoms with Gasteiger partial charge in [0.15, 0.2) is 5.96 Å². The van der Waals surface area contributed by atoms with Crippen molar-refractivity contribution >= 4 is 27.3 Å². The molecule has 0 aliphatic carbocycles. The van der Waals surface area contributed by atoms with Crippen molar-refractivity contribution in [2.24, 2.45) is 4.99 Å². The Hall–Kier alpha value is -1.19. The summed E-state index contributed by atoms with van der Waals surface area (Å²) in [4.78, 5) is 9.09. The van der Waals surface area contributed by atoms with Crippen molar-refractivity contribution in [3.05, 3.63) is 16.1 Å². The standard InChI is InChI=1S/C15H29N5O2S2/c1-5-16-15(17-8-7-9-19-24(21,22)6-2)18-10-14-20-13(11-23-14)12(3)4/h11-12,19H,5-10H2,1-4H3,(H2,16,17,18). The SMILES string of the molecule is CCNC(=NCc1nc(C(C)C)cs1)NCCCNS(=O)(=O)CC. The van der Waals surface area contributed by atoms with Gasteiger partial charge in [0.05, 0.1) is 18.0 Å². The number of rotatable bonds is 10. The summed E-state index contributed by atoms with van der Waals surface area (Å²) in [5.74, 6) is 1.26. The van der Waals surface area contributed by atoms with Crippen molar-refractivity contribution in [1.82, 2.24) is 20.3 Å². The lowest BCUT2D eigenvalue weighted by molar-refractivity contribution is 0.579. The van der Waals surface area contributed by atoms with E-state index >= 15 is 0 Å². The highest BCUT2D eigenvalue weighted by molar-refractivity contribution is 7.89. The molecule has 0 aliphatic heterocycles. The summed E-state index contributed by atoms with van der Waals surface area (Å²) in [6.45, 7) is 10.3. The molecule has 0 radical (unpaired) electrons. The molecule has 0 aliphatic rings. The fourth-order valence-corrected chi connectivity index (χ4v) is 3.31. The second-order valence-corrected chi connectivity index (χ2v) is 8.63. The fraction of sp³-hybridized carbons (Fsp3) is 0.733. The molecule has 3 N–H and O–H groups in total. The van der Waals surface area contributed by atoms with E-state index in [1.165, 1.54) is 0 Å². The third-order valence-electron chi connectivity index (χ3n) is 3.23. The van der Waals surface area contributed by atoms with Gasteiger partial charge in [-0.15, -0.1) is 11.3 Å². The molecule has 7 nitrogen and oxygen atoms in total. The average molecular weight is 376 g/mol. The van der Waals surface area contributed by atoms with E-state index in [2.05, 4.69) is 44.6 Å². The number of thiazole rings is 1. The summed E-state index contributed by atoms with van der Waals surface area (Å²) >= 11 is 1.62. The van der Waals surface area contributed by atoms with Crippen LogP contribution in [0, 0.1) is 0 Å². The molecule has 0 amide bonds. The highest BCUT2D eigenvalue weighted by Gasteiger charge is 2.06. The zero-order chi connectivity index (χ0) is 18.0. The van der Waals surface area contributed by atoms with Crippen molar-refractivity contribution in [1.29, 1.82) is 0 Å². The van der Waals surface area contributed by atoms with E-state index in [-0.39, 0.29) is 5.75 Å². The number of nitrogens with one attached hydrogen (secondary N) is 3. The highest BCUT2D eigenvalue weighted by Crippen LogP contribution is 2.18. The Kier molecular flexibility index (Phi) is 9.24. The summed E-state index contributed by atoms with van der Waals surface area (Å²) in [5.41, 5.74) is 1.10. The van der Waals surface area contributed by atoms with Gasteiger partial charge in [0.25, 0.3) is 0 Å². The molecule has 0 atom stereocenters. The summed E-state index contributed by atoms with van der Waals surface area (Å²) in [5, 5.41) is 9.45. The van der Waals surface area contributed by atoms with Gasteiger partial charge in [-0.05, 0) is 26.2 Å². The molecule has 1 heterocycles. The molecule has 138 valence electrons. The van der Waals surface area contributed by atoms with Gasteiger partial charge in [0, 0.05) is 25.0 Å². The zero-order valence-electron chi connectivity index (χ0n) is 14.9. The van der Waals surface area contributed by atoms with Crippen LogP contribution in [0.3, 0.4) is 0 Å². The van der Waals surface area contributed by atoms with E-state index in [0.717, 1.165) is 23.2 Å². The molecular formula is C15H29N5O2S2. The number of aliphatic imine (C=N–C) groups is 1. The molecule has 0 unspecified atom stereocenters. The Morgan fingerprint density at radius 2 is 2.04 bits per heavy atom. The third kappa shape index (κ3) is 8.07. The summed E-state index contributed by atoms with van der Waals surface area (Å²) < 4.78 is 25.2. The number of aromatic nitrogens is 1. The van der Waals surface area contributed by atoms with Gasteiger partial charge in [0.1, 0.15) is 5.01 Å². The van der Waals surface area contributed by atoms with E-state index < -0.39 is 10.0 Å². The van der Waals surface area contributed by atoms with Crippen LogP contribution in [0.5, 0.6) is 0 Å². The van der Waals surface area contributed by atoms with Crippen LogP contribution in [0.15, 0.2) is 10.4 Å². The molecule has 1 aromatic rings. The van der Waals surface area contributed by atoms with Crippen LogP contribution < -0.4 is 15.4 Å². The Morgan fingerprint density at radius 3 is 2.62 bits per heavy atom. The van der Waals surface area contributed by atoms with Gasteiger partial charge in [-0.25, -0.2) is 23.1 Å². The van der Waals surface area contributed by atoms with Gasteiger partial charge in [-0.3, -0.25) is 0 Å². The predicted octanol–water partition coefficient (Wildman–Crippen LogP) is 1.65. The van der Waals surface area contributed by atoms with Crippen LogP contribution >= 0.6 is 11.3 Å². The van der Waals surface area contributed by atoms with E-state index in [1.807, 2.05) is 6.92 Å². The average Bonchev–Trinajstić information content (AvgIpc) is 3.01. The first-order valence-electron chi connectivity index (χ1n) is 8.31. The van der Waals surface area contributed by atoms with Crippen molar-refractivity contribution < 1.29 is 8.42 Å². The Balaban J connectivity index is 2.42. The number of nitrogens with zero attached hydrogens (tertiary/aromatic N) is 2. The zero-order valence-corrected chi connectivity index (χ0v) is 16.6. The van der Waals surface area contributed by atoms with Crippen LogP contribution in [0.2, 0.25) is 0 Å². The highest BCUT2D eigenvalue weighted by atomic mass is 32.2. The molecule has 0 bridgehead atoms. The molecule has 1 aromatic heterocycles. The second-order valence-electron chi connectivity index (χ2n) is 5.59. The number of hydrogen-bond acceptors (Lipinski definition) is 5. The Morgan fingerprint density at radius 1 is 1.29 bits per heavy atom. The second kappa shape index (κ2) is 10.6. The maximum Gasteiger partial charge on any atom is 0.211 e. The summed E-state index contributed by atoms with van der Waals surface area (Å²) in [6.07, 6.45) is 0.693. The van der Waals surface area contributed by atoms with E-state index in [1.54, 1.807) is 18.3 Å². The molecule has 0 saturated heterocycles. The van der Waals surface area contributed by atoms with E-state index in [9.17, 15) is 8.42 Å². The van der Waals surface area contributed by atoms with Crippen molar-refractivity contribution in [3.63, 3.8) is 0 Å². The minimum Gasteiger partial charge on any atom is -0.357 e. The molecule has 0 saturated carbocycles. The minimum atomic E-state index is -3.11. The van der Waals surface area contributed by atoms with Gasteiger partial charge in [-0.1, -0.05) is 13.8 Å². The maximum atomic E-state index is 11.3. The van der Waals surface area contributed by atoms with Gasteiger partial charge >= 0.3 is 0 Å². The van der Waals surface area contributed by atoms with Crippen molar-refractivity contribution in [3.8, 4) is 0 Å². The van der Waals surface area contributed by atoms with Gasteiger partial charge < -0.3 is 10.6 Å². The van der Waals surface area contributed by atoms with E-state index in [4.69, 9.17) is 0 Å². The first-order valence-corrected chi connectivity index (χ1v) is 10.8. The van der Waals surface area contributed by atoms with Gasteiger partial charge in [0.2, 0.25) is 10.0 Å². The quantitative estimate of drug-likeness (QED) is 0.328. The molecule has 0 spiro atoms. The van der Waals surface area contributed by atoms with Crippen molar-refractivity contribution in [2.75, 3.05) is 25.4 Å². The molecule has 9 heteroatoms. The first-order chi connectivity index (χ1) is 11.4. The topological polar surface area (TPSA) is 95.5 Å². The molecule has 1 rings (SSSR count). The number of guanidine groups is 1. The third-order valence-corrected chi connectivity index (χ3v) is 5.48. The fourth-order valence-electron chi connectivity index (χ4n) is 1.78. The Labute approximate surface area is 149 Å². The molecule has 0 aromatic carbocycles. The lowest BCUT2D eigenvalue weighted by Gasteiger charge is -2.11. The van der Waals surface area contributed by atoms with Crippen LogP contribution in [0.1, 0.15) is 50.7 Å². The maximum absolute atomic E-state index is 11.3. The minimum absolute atomic E-state index is 0.108. The predicted molar refractivity (Wildman–Crippen MR) is 101 cm³/mol. The molecule has 24 heavy (non-hydrogen) atoms. The summed E-state index contributed by atoms with van der Waals surface area (Å²) in [6, 6.07) is 0. The van der Waals surface area contributed by atoms with Crippen molar-refractivity contribution in [2.45, 2.75) is 46.6 Å². The van der Waals surface area contributed by atoms with Crippen LogP contribution in [-0.2, 0) is 16.6 Å². The van der Waals surface area contributed by atoms with Crippen LogP contribution in [0.25, 0.3) is 0 Å². The lowest BCUT2D eigenvalue weighted by Crippen LogP contribution is -2.38. The first kappa shape index (κ1) is 20.9. The van der Waals surface area contributed by atoms with Gasteiger partial charge in [-0.2, -0.15) is 0 Å². The lowest BCUT2D eigenvalue weighted by atomic mass is 10.2. The Bertz CT molecular complexity index is 611. The monoisotopic (exact) mass is 375 g/mol. The van der Waals surface area contributed by atoms with Crippen LogP contribution in [0.4, 0.5) is 0 Å². The molecular weight excluding hydrogens is 346 g/mol. The smallest absolute Gasteiger partial charge is 0.211 e. The number of sulfonamides is 1. The molecule has 0 fully saturated rings. The largest absolute Gasteiger partial charge is 0.357 e. The summed E-state index contributed by atoms with van der Waals surface area (Å²) in [7, 11) is -3.11. The van der Waals surface area contributed by atoms with Crippen LogP contribution in [-0.4, -0.2) is 44.7 Å².